The third-order valence-electron chi connectivity index (χ3n) is 2.44. The SMILES string of the molecule is Cc1ccccc1Nc1ncccc1C(=O)O. The molecule has 0 unspecified atom stereocenters. The van der Waals surface area contributed by atoms with Crippen LogP contribution in [0.5, 0.6) is 0 Å². The average Bonchev–Trinajstić information content (AvgIpc) is 2.32. The summed E-state index contributed by atoms with van der Waals surface area (Å²) in [4.78, 5) is 15.1. The molecule has 0 fully saturated rings. The fourth-order valence-corrected chi connectivity index (χ4v) is 1.52. The Hall–Kier alpha value is -2.36. The Morgan fingerprint density at radius 2 is 2.00 bits per heavy atom. The summed E-state index contributed by atoms with van der Waals surface area (Å²) in [6.45, 7) is 1.95. The fourth-order valence-electron chi connectivity index (χ4n) is 1.52. The predicted molar refractivity (Wildman–Crippen MR) is 65.7 cm³/mol. The van der Waals surface area contributed by atoms with Crippen molar-refractivity contribution >= 4 is 17.5 Å². The van der Waals surface area contributed by atoms with E-state index in [4.69, 9.17) is 5.11 Å². The Morgan fingerprint density at radius 3 is 2.71 bits per heavy atom. The summed E-state index contributed by atoms with van der Waals surface area (Å²) in [5.41, 5.74) is 2.05. The molecule has 0 saturated heterocycles. The summed E-state index contributed by atoms with van der Waals surface area (Å²) in [6.07, 6.45) is 1.56. The lowest BCUT2D eigenvalue weighted by atomic mass is 10.2. The van der Waals surface area contributed by atoms with Crippen LogP contribution in [0, 0.1) is 6.92 Å². The first kappa shape index (κ1) is 11.1. The lowest BCUT2D eigenvalue weighted by Crippen LogP contribution is -2.04. The van der Waals surface area contributed by atoms with Crippen LogP contribution in [0.4, 0.5) is 11.5 Å². The van der Waals surface area contributed by atoms with E-state index >= 15 is 0 Å². The number of nitrogens with one attached hydrogen (secondary N) is 1. The third kappa shape index (κ3) is 2.42. The van der Waals surface area contributed by atoms with Gasteiger partial charge in [0.05, 0.1) is 0 Å². The summed E-state index contributed by atoms with van der Waals surface area (Å²) in [6, 6.07) is 10.8. The number of hydrogen-bond donors (Lipinski definition) is 2. The second-order valence-corrected chi connectivity index (χ2v) is 3.64. The van der Waals surface area contributed by atoms with Crippen molar-refractivity contribution in [2.24, 2.45) is 0 Å². The first-order chi connectivity index (χ1) is 8.18. The number of rotatable bonds is 3. The zero-order valence-electron chi connectivity index (χ0n) is 9.34. The van der Waals surface area contributed by atoms with Gasteiger partial charge in [-0.3, -0.25) is 0 Å². The second-order valence-electron chi connectivity index (χ2n) is 3.64. The van der Waals surface area contributed by atoms with Crippen LogP contribution in [0.2, 0.25) is 0 Å². The Bertz CT molecular complexity index is 553. The van der Waals surface area contributed by atoms with Crippen molar-refractivity contribution in [1.29, 1.82) is 0 Å². The number of carbonyl (C=O) groups is 1. The minimum atomic E-state index is -0.991. The number of anilines is 2. The van der Waals surface area contributed by atoms with E-state index in [-0.39, 0.29) is 5.56 Å². The van der Waals surface area contributed by atoms with Gasteiger partial charge < -0.3 is 10.4 Å². The van der Waals surface area contributed by atoms with Crippen LogP contribution >= 0.6 is 0 Å². The Balaban J connectivity index is 2.37. The van der Waals surface area contributed by atoms with Crippen LogP contribution in [-0.4, -0.2) is 16.1 Å². The number of carboxylic acids is 1. The molecule has 0 amide bonds. The Kier molecular flexibility index (Phi) is 3.05. The van der Waals surface area contributed by atoms with E-state index in [1.54, 1.807) is 12.3 Å². The normalized spacial score (nSPS) is 9.94. The predicted octanol–water partition coefficient (Wildman–Crippen LogP) is 2.83. The van der Waals surface area contributed by atoms with Crippen molar-refractivity contribution in [2.75, 3.05) is 5.32 Å². The smallest absolute Gasteiger partial charge is 0.339 e. The zero-order chi connectivity index (χ0) is 12.3. The first-order valence-corrected chi connectivity index (χ1v) is 5.19. The van der Waals surface area contributed by atoms with Crippen LogP contribution in [-0.2, 0) is 0 Å². The van der Waals surface area contributed by atoms with Crippen molar-refractivity contribution in [2.45, 2.75) is 6.92 Å². The summed E-state index contributed by atoms with van der Waals surface area (Å²) >= 11 is 0. The number of aromatic carboxylic acids is 1. The molecule has 0 saturated carbocycles. The van der Waals surface area contributed by atoms with E-state index in [0.29, 0.717) is 5.82 Å². The van der Waals surface area contributed by atoms with Crippen LogP contribution in [0.15, 0.2) is 42.6 Å². The van der Waals surface area contributed by atoms with Crippen molar-refractivity contribution in [3.8, 4) is 0 Å². The summed E-state index contributed by atoms with van der Waals surface area (Å²) in [5, 5.41) is 12.1. The van der Waals surface area contributed by atoms with Gasteiger partial charge >= 0.3 is 5.97 Å². The molecule has 2 N–H and O–H groups in total. The molecule has 86 valence electrons. The zero-order valence-corrected chi connectivity index (χ0v) is 9.34. The molecule has 2 aromatic rings. The van der Waals surface area contributed by atoms with Gasteiger partial charge in [0.15, 0.2) is 0 Å². The molecular weight excluding hydrogens is 216 g/mol. The molecule has 1 aromatic carbocycles. The molecule has 0 aliphatic heterocycles. The van der Waals surface area contributed by atoms with Gasteiger partial charge in [-0.25, -0.2) is 9.78 Å². The van der Waals surface area contributed by atoms with E-state index in [9.17, 15) is 4.79 Å². The van der Waals surface area contributed by atoms with Gasteiger partial charge in [0.2, 0.25) is 0 Å². The maximum Gasteiger partial charge on any atom is 0.339 e. The largest absolute Gasteiger partial charge is 0.478 e. The molecular formula is C13H12N2O2. The number of para-hydroxylation sites is 1. The Labute approximate surface area is 98.9 Å². The van der Waals surface area contributed by atoms with Gasteiger partial charge in [-0.15, -0.1) is 0 Å². The quantitative estimate of drug-likeness (QED) is 0.847. The molecule has 1 heterocycles. The highest BCUT2D eigenvalue weighted by atomic mass is 16.4. The maximum atomic E-state index is 11.0. The monoisotopic (exact) mass is 228 g/mol. The second kappa shape index (κ2) is 4.65. The Morgan fingerprint density at radius 1 is 1.24 bits per heavy atom. The number of aryl methyl sites for hydroxylation is 1. The molecule has 0 radical (unpaired) electrons. The molecule has 0 spiro atoms. The van der Waals surface area contributed by atoms with Crippen molar-refractivity contribution in [3.05, 3.63) is 53.7 Å². The van der Waals surface area contributed by atoms with Gasteiger partial charge in [-0.1, -0.05) is 18.2 Å². The number of nitrogens with zero attached hydrogens (tertiary/aromatic N) is 1. The molecule has 0 bridgehead atoms. The van der Waals surface area contributed by atoms with E-state index in [1.807, 2.05) is 31.2 Å². The lowest BCUT2D eigenvalue weighted by molar-refractivity contribution is 0.0697. The average molecular weight is 228 g/mol. The highest BCUT2D eigenvalue weighted by Crippen LogP contribution is 2.21. The molecule has 4 heteroatoms. The van der Waals surface area contributed by atoms with Crippen LogP contribution in [0.3, 0.4) is 0 Å². The maximum absolute atomic E-state index is 11.0. The highest BCUT2D eigenvalue weighted by Gasteiger charge is 2.10. The van der Waals surface area contributed by atoms with Crippen LogP contribution in [0.25, 0.3) is 0 Å². The van der Waals surface area contributed by atoms with Crippen molar-refractivity contribution in [3.63, 3.8) is 0 Å². The number of aromatic nitrogens is 1. The van der Waals surface area contributed by atoms with E-state index in [0.717, 1.165) is 11.3 Å². The van der Waals surface area contributed by atoms with E-state index < -0.39 is 5.97 Å². The first-order valence-electron chi connectivity index (χ1n) is 5.19. The number of hydrogen-bond acceptors (Lipinski definition) is 3. The summed E-state index contributed by atoms with van der Waals surface area (Å²) < 4.78 is 0. The number of pyridine rings is 1. The molecule has 17 heavy (non-hydrogen) atoms. The fraction of sp³-hybridized carbons (Fsp3) is 0.0769. The van der Waals surface area contributed by atoms with E-state index in [1.165, 1.54) is 6.07 Å². The van der Waals surface area contributed by atoms with Gasteiger partial charge in [0.25, 0.3) is 0 Å². The molecule has 1 aromatic heterocycles. The summed E-state index contributed by atoms with van der Waals surface area (Å²) in [5.74, 6) is -0.636. The molecule has 2 rings (SSSR count). The number of benzene rings is 1. The summed E-state index contributed by atoms with van der Waals surface area (Å²) in [7, 11) is 0. The highest BCUT2D eigenvalue weighted by molar-refractivity contribution is 5.93. The minimum Gasteiger partial charge on any atom is -0.478 e. The molecule has 0 atom stereocenters. The van der Waals surface area contributed by atoms with Crippen LogP contribution < -0.4 is 5.32 Å². The molecule has 0 aliphatic carbocycles. The lowest BCUT2D eigenvalue weighted by Gasteiger charge is -2.10. The topological polar surface area (TPSA) is 62.2 Å². The van der Waals surface area contributed by atoms with Crippen LogP contribution in [0.1, 0.15) is 15.9 Å². The van der Waals surface area contributed by atoms with Gasteiger partial charge in [0, 0.05) is 11.9 Å². The number of carboxylic acid groups (broad SMARTS) is 1. The third-order valence-corrected chi connectivity index (χ3v) is 2.44. The van der Waals surface area contributed by atoms with Crippen molar-refractivity contribution < 1.29 is 9.90 Å². The molecule has 0 aliphatic rings. The van der Waals surface area contributed by atoms with Gasteiger partial charge in [0.1, 0.15) is 11.4 Å². The molecule has 4 nitrogen and oxygen atoms in total. The van der Waals surface area contributed by atoms with E-state index in [2.05, 4.69) is 10.3 Å². The van der Waals surface area contributed by atoms with Gasteiger partial charge in [-0.05, 0) is 30.7 Å². The minimum absolute atomic E-state index is 0.163. The van der Waals surface area contributed by atoms with Crippen molar-refractivity contribution in [1.82, 2.24) is 4.98 Å². The van der Waals surface area contributed by atoms with Gasteiger partial charge in [-0.2, -0.15) is 0 Å². The standard InChI is InChI=1S/C13H12N2O2/c1-9-5-2-3-7-11(9)15-12-10(13(16)17)6-4-8-14-12/h2-8H,1H3,(H,14,15)(H,16,17).